The summed E-state index contributed by atoms with van der Waals surface area (Å²) in [6, 6.07) is 49.4. The predicted octanol–water partition coefficient (Wildman–Crippen LogP) is 21.5. The number of benzene rings is 7. The Bertz CT molecular complexity index is 3330. The second-order valence-electron chi connectivity index (χ2n) is 23.1. The number of ether oxygens (including phenoxy) is 3. The van der Waals surface area contributed by atoms with E-state index in [0.717, 1.165) is 88.4 Å². The van der Waals surface area contributed by atoms with E-state index in [2.05, 4.69) is 250 Å². The van der Waals surface area contributed by atoms with Crippen molar-refractivity contribution in [3.8, 4) is 5.75 Å². The van der Waals surface area contributed by atoms with E-state index in [0.29, 0.717) is 13.2 Å². The van der Waals surface area contributed by atoms with Crippen LogP contribution in [0, 0.1) is 5.41 Å². The number of methoxy groups -OCH3 is 1. The quantitative estimate of drug-likeness (QED) is 0.0506. The Morgan fingerprint density at radius 2 is 0.573 bits per heavy atom. The number of hydrogen-bond acceptors (Lipinski definition) is 3. The first-order valence-corrected chi connectivity index (χ1v) is 30.7. The van der Waals surface area contributed by atoms with E-state index in [1.165, 1.54) is 100 Å². The minimum absolute atomic E-state index is 0.0435. The minimum Gasteiger partial charge on any atom is -0.497 e. The average Bonchev–Trinajstić information content (AvgIpc) is 3.69. The van der Waals surface area contributed by atoms with Gasteiger partial charge in [0.15, 0.2) is 6.29 Å². The van der Waals surface area contributed by atoms with Crippen molar-refractivity contribution in [1.82, 2.24) is 0 Å². The lowest BCUT2D eigenvalue weighted by molar-refractivity contribution is -0.226. The number of hydrogen-bond donors (Lipinski definition) is 0. The maximum atomic E-state index is 6.29. The zero-order valence-corrected chi connectivity index (χ0v) is 50.8. The highest BCUT2D eigenvalue weighted by Crippen LogP contribution is 2.36. The van der Waals surface area contributed by atoms with Gasteiger partial charge in [0, 0.05) is 11.0 Å². The van der Waals surface area contributed by atoms with E-state index in [4.69, 9.17) is 14.2 Å². The molecule has 0 bridgehead atoms. The highest BCUT2D eigenvalue weighted by molar-refractivity contribution is 5.80. The molecule has 0 unspecified atom stereocenters. The van der Waals surface area contributed by atoms with Crippen molar-refractivity contribution >= 4 is 72.9 Å². The van der Waals surface area contributed by atoms with Crippen molar-refractivity contribution in [2.24, 2.45) is 5.41 Å². The van der Waals surface area contributed by atoms with Crippen molar-refractivity contribution in [2.45, 2.75) is 139 Å². The first-order valence-electron chi connectivity index (χ1n) is 30.7. The van der Waals surface area contributed by atoms with Crippen LogP contribution in [0.25, 0.3) is 72.9 Å². The molecule has 1 aliphatic heterocycles. The lowest BCUT2D eigenvalue weighted by Crippen LogP contribution is -2.34. The first-order chi connectivity index (χ1) is 40.0. The molecule has 424 valence electrons. The SMILES string of the molecule is CCCc1cc(/C=C/c2ccc(/C=C/c3cc(CCC)c(/C=C/c4ccc(/C=C/c5cc(CCC)c(C6OCC(C)(C)CO6)cc5CCC)cc4)cc3CCC)cc2)c(CCC)cc1/C=C/c1ccc(/C=C/c2ccc(OC)cc2)cc1. The molecule has 8 rings (SSSR count). The monoisotopic (exact) mass is 1090 g/mol. The Balaban J connectivity index is 0.927. The molecule has 7 aromatic rings. The fourth-order valence-corrected chi connectivity index (χ4v) is 11.0. The third kappa shape index (κ3) is 17.4. The molecule has 0 atom stereocenters. The molecule has 0 spiro atoms. The summed E-state index contributed by atoms with van der Waals surface area (Å²) >= 11 is 0. The van der Waals surface area contributed by atoms with Crippen molar-refractivity contribution in [3.05, 3.63) is 239 Å². The van der Waals surface area contributed by atoms with Gasteiger partial charge in [-0.15, -0.1) is 0 Å². The van der Waals surface area contributed by atoms with Crippen LogP contribution in [0.3, 0.4) is 0 Å². The topological polar surface area (TPSA) is 27.7 Å². The van der Waals surface area contributed by atoms with Gasteiger partial charge in [0.05, 0.1) is 20.3 Å². The van der Waals surface area contributed by atoms with Gasteiger partial charge in [-0.1, -0.05) is 282 Å². The van der Waals surface area contributed by atoms with Crippen LogP contribution in [0.5, 0.6) is 5.75 Å². The molecule has 3 nitrogen and oxygen atoms in total. The van der Waals surface area contributed by atoms with Crippen molar-refractivity contribution in [1.29, 1.82) is 0 Å². The molecule has 0 radical (unpaired) electrons. The summed E-state index contributed by atoms with van der Waals surface area (Å²) in [7, 11) is 1.70. The van der Waals surface area contributed by atoms with E-state index >= 15 is 0 Å². The second kappa shape index (κ2) is 30.7. The molecule has 0 aromatic heterocycles. The molecular weight excluding hydrogens is 997 g/mol. The summed E-state index contributed by atoms with van der Waals surface area (Å²) < 4.78 is 17.9. The Hall–Kier alpha value is -7.30. The van der Waals surface area contributed by atoms with E-state index < -0.39 is 0 Å². The van der Waals surface area contributed by atoms with Gasteiger partial charge in [0.2, 0.25) is 0 Å². The Labute approximate surface area is 493 Å². The maximum absolute atomic E-state index is 6.29. The van der Waals surface area contributed by atoms with Crippen LogP contribution in [-0.2, 0) is 48.0 Å². The summed E-state index contributed by atoms with van der Waals surface area (Å²) in [4.78, 5) is 0. The van der Waals surface area contributed by atoms with Crippen LogP contribution < -0.4 is 4.74 Å². The van der Waals surface area contributed by atoms with Gasteiger partial charge in [-0.05, 0) is 157 Å². The minimum atomic E-state index is -0.290. The Kier molecular flexibility index (Phi) is 22.7. The van der Waals surface area contributed by atoms with Gasteiger partial charge < -0.3 is 14.2 Å². The van der Waals surface area contributed by atoms with Crippen molar-refractivity contribution in [2.75, 3.05) is 20.3 Å². The summed E-state index contributed by atoms with van der Waals surface area (Å²) in [5.74, 6) is 0.869. The fourth-order valence-electron chi connectivity index (χ4n) is 11.0. The van der Waals surface area contributed by atoms with E-state index in [-0.39, 0.29) is 11.7 Å². The van der Waals surface area contributed by atoms with Crippen LogP contribution in [-0.4, -0.2) is 20.3 Å². The normalized spacial score (nSPS) is 14.1. The first kappa shape index (κ1) is 60.8. The van der Waals surface area contributed by atoms with Gasteiger partial charge in [-0.3, -0.25) is 0 Å². The van der Waals surface area contributed by atoms with Crippen LogP contribution in [0.2, 0.25) is 0 Å². The van der Waals surface area contributed by atoms with E-state index in [1.54, 1.807) is 7.11 Å². The molecule has 1 fully saturated rings. The Morgan fingerprint density at radius 3 is 0.841 bits per heavy atom. The maximum Gasteiger partial charge on any atom is 0.184 e. The third-order valence-corrected chi connectivity index (χ3v) is 15.5. The molecule has 0 aliphatic carbocycles. The van der Waals surface area contributed by atoms with E-state index in [1.807, 2.05) is 12.1 Å². The number of rotatable bonds is 26. The summed E-state index contributed by atoms with van der Waals surface area (Å²) in [5, 5.41) is 0. The highest BCUT2D eigenvalue weighted by atomic mass is 16.7. The molecular formula is C79H90O3. The van der Waals surface area contributed by atoms with Gasteiger partial charge in [-0.25, -0.2) is 0 Å². The fraction of sp³-hybridized carbons (Fsp3) is 0.316. The predicted molar refractivity (Wildman–Crippen MR) is 358 cm³/mol. The third-order valence-electron chi connectivity index (χ3n) is 15.5. The zero-order chi connectivity index (χ0) is 57.7. The lowest BCUT2D eigenvalue weighted by Gasteiger charge is -2.35. The number of aryl methyl sites for hydroxylation is 6. The molecule has 1 heterocycles. The highest BCUT2D eigenvalue weighted by Gasteiger charge is 2.30. The summed E-state index contributed by atoms with van der Waals surface area (Å²) in [6.07, 6.45) is 39.7. The molecule has 0 N–H and O–H groups in total. The largest absolute Gasteiger partial charge is 0.497 e. The molecule has 0 saturated carbocycles. The molecule has 82 heavy (non-hydrogen) atoms. The zero-order valence-electron chi connectivity index (χ0n) is 50.8. The standard InChI is InChI=1S/C79H90O3/c1-10-16-65-51-71(66(17-11-2)50-70(65)43-36-59-25-22-58(23-26-59)24-35-64-41-48-76(80-9)49-42-64)44-37-60-27-29-61(30-28-60)38-45-72-52-68(19-13-4)73(53-67(72)18-12-3)46-39-62-31-33-63(34-32-62)40-47-74-54-75(21-15-6)77(55-69(74)20-14-5)78-81-56-79(7,8)57-82-78/h22-55,78H,10-21,56-57H2,1-9H3/b35-24+,43-36+,44-37+,45-38+,46-39+,47-40+. The van der Waals surface area contributed by atoms with E-state index in [9.17, 15) is 0 Å². The molecule has 7 aromatic carbocycles. The summed E-state index contributed by atoms with van der Waals surface area (Å²) in [5.41, 5.74) is 24.4. The van der Waals surface area contributed by atoms with Gasteiger partial charge in [0.1, 0.15) is 5.75 Å². The van der Waals surface area contributed by atoms with Crippen LogP contribution in [0.4, 0.5) is 0 Å². The van der Waals surface area contributed by atoms with Gasteiger partial charge in [-0.2, -0.15) is 0 Å². The van der Waals surface area contributed by atoms with Crippen LogP contribution in [0.1, 0.15) is 206 Å². The van der Waals surface area contributed by atoms with Crippen molar-refractivity contribution in [3.63, 3.8) is 0 Å². The van der Waals surface area contributed by atoms with Crippen molar-refractivity contribution < 1.29 is 14.2 Å². The molecule has 3 heteroatoms. The van der Waals surface area contributed by atoms with Gasteiger partial charge in [0.25, 0.3) is 0 Å². The van der Waals surface area contributed by atoms with Crippen LogP contribution >= 0.6 is 0 Å². The Morgan fingerprint density at radius 1 is 0.341 bits per heavy atom. The molecule has 1 aliphatic rings. The van der Waals surface area contributed by atoms with Crippen LogP contribution in [0.15, 0.2) is 133 Å². The molecule has 0 amide bonds. The summed E-state index contributed by atoms with van der Waals surface area (Å²) in [6.45, 7) is 19.4. The molecule has 1 saturated heterocycles. The lowest BCUT2D eigenvalue weighted by atomic mass is 9.91. The second-order valence-corrected chi connectivity index (χ2v) is 23.1. The average molecular weight is 1090 g/mol. The smallest absolute Gasteiger partial charge is 0.184 e. The van der Waals surface area contributed by atoms with Gasteiger partial charge >= 0.3 is 0 Å².